The standard InChI is InChI=1S/C18H22N2/c1-14-7-9-17(10-8-14)20(2)13-16-12-19-11-15-5-3-4-6-18(15)16/h3-10,16,19H,11-13H2,1-2H3. The zero-order chi connectivity index (χ0) is 13.9. The van der Waals surface area contributed by atoms with Gasteiger partial charge in [-0.15, -0.1) is 0 Å². The van der Waals surface area contributed by atoms with Crippen LogP contribution in [0.3, 0.4) is 0 Å². The molecule has 0 spiro atoms. The van der Waals surface area contributed by atoms with E-state index in [-0.39, 0.29) is 0 Å². The van der Waals surface area contributed by atoms with E-state index < -0.39 is 0 Å². The summed E-state index contributed by atoms with van der Waals surface area (Å²) in [5.74, 6) is 0.561. The third-order valence-corrected chi connectivity index (χ3v) is 4.17. The lowest BCUT2D eigenvalue weighted by Crippen LogP contribution is -2.35. The molecule has 1 unspecified atom stereocenters. The largest absolute Gasteiger partial charge is 0.374 e. The van der Waals surface area contributed by atoms with Gasteiger partial charge in [-0.1, -0.05) is 42.0 Å². The summed E-state index contributed by atoms with van der Waals surface area (Å²) in [5, 5.41) is 3.53. The second-order valence-electron chi connectivity index (χ2n) is 5.74. The maximum absolute atomic E-state index is 3.53. The van der Waals surface area contributed by atoms with Gasteiger partial charge in [-0.25, -0.2) is 0 Å². The number of rotatable bonds is 3. The van der Waals surface area contributed by atoms with Gasteiger partial charge in [0.05, 0.1) is 0 Å². The molecule has 2 aromatic carbocycles. The molecule has 1 aliphatic heterocycles. The number of fused-ring (bicyclic) bond motifs is 1. The highest BCUT2D eigenvalue weighted by molar-refractivity contribution is 5.47. The van der Waals surface area contributed by atoms with Crippen molar-refractivity contribution in [1.82, 2.24) is 5.32 Å². The molecular weight excluding hydrogens is 244 g/mol. The predicted octanol–water partition coefficient (Wildman–Crippen LogP) is 3.32. The van der Waals surface area contributed by atoms with Crippen molar-refractivity contribution >= 4 is 5.69 Å². The first-order chi connectivity index (χ1) is 9.74. The van der Waals surface area contributed by atoms with Gasteiger partial charge in [0.2, 0.25) is 0 Å². The first-order valence-electron chi connectivity index (χ1n) is 7.30. The Balaban J connectivity index is 1.77. The second-order valence-corrected chi connectivity index (χ2v) is 5.74. The highest BCUT2D eigenvalue weighted by atomic mass is 15.1. The Morgan fingerprint density at radius 2 is 1.85 bits per heavy atom. The van der Waals surface area contributed by atoms with Crippen molar-refractivity contribution in [3.63, 3.8) is 0 Å². The van der Waals surface area contributed by atoms with E-state index >= 15 is 0 Å². The fourth-order valence-electron chi connectivity index (χ4n) is 2.98. The van der Waals surface area contributed by atoms with Gasteiger partial charge in [0.25, 0.3) is 0 Å². The van der Waals surface area contributed by atoms with Crippen molar-refractivity contribution in [2.45, 2.75) is 19.4 Å². The minimum Gasteiger partial charge on any atom is -0.374 e. The van der Waals surface area contributed by atoms with Gasteiger partial charge in [-0.2, -0.15) is 0 Å². The zero-order valence-electron chi connectivity index (χ0n) is 12.3. The van der Waals surface area contributed by atoms with Crippen molar-refractivity contribution in [2.75, 3.05) is 25.0 Å². The predicted molar refractivity (Wildman–Crippen MR) is 85.3 cm³/mol. The third kappa shape index (κ3) is 2.70. The SMILES string of the molecule is Cc1ccc(N(C)CC2CNCc3ccccc32)cc1. The van der Waals surface area contributed by atoms with Crippen molar-refractivity contribution < 1.29 is 0 Å². The number of nitrogens with one attached hydrogen (secondary N) is 1. The molecule has 0 aromatic heterocycles. The molecule has 0 fully saturated rings. The zero-order valence-corrected chi connectivity index (χ0v) is 12.3. The second kappa shape index (κ2) is 5.68. The molecule has 1 atom stereocenters. The molecule has 1 aliphatic rings. The Labute approximate surface area is 121 Å². The Bertz CT molecular complexity index is 574. The van der Waals surface area contributed by atoms with E-state index in [1.165, 1.54) is 22.4 Å². The van der Waals surface area contributed by atoms with Crippen LogP contribution in [0, 0.1) is 6.92 Å². The Kier molecular flexibility index (Phi) is 3.75. The maximum atomic E-state index is 3.53. The molecular formula is C18H22N2. The van der Waals surface area contributed by atoms with Crippen molar-refractivity contribution in [3.8, 4) is 0 Å². The number of hydrogen-bond donors (Lipinski definition) is 1. The molecule has 0 amide bonds. The monoisotopic (exact) mass is 266 g/mol. The van der Waals surface area contributed by atoms with E-state index in [1.807, 2.05) is 0 Å². The van der Waals surface area contributed by atoms with Crippen molar-refractivity contribution in [2.24, 2.45) is 0 Å². The Morgan fingerprint density at radius 1 is 1.10 bits per heavy atom. The van der Waals surface area contributed by atoms with Crippen LogP contribution in [0.25, 0.3) is 0 Å². The van der Waals surface area contributed by atoms with Gasteiger partial charge < -0.3 is 10.2 Å². The summed E-state index contributed by atoms with van der Waals surface area (Å²) in [4.78, 5) is 2.36. The van der Waals surface area contributed by atoms with Crippen molar-refractivity contribution in [3.05, 3.63) is 65.2 Å². The van der Waals surface area contributed by atoms with Gasteiger partial charge in [-0.05, 0) is 30.2 Å². The number of anilines is 1. The minimum absolute atomic E-state index is 0.561. The Hall–Kier alpha value is -1.80. The van der Waals surface area contributed by atoms with Gasteiger partial charge >= 0.3 is 0 Å². The molecule has 2 aromatic rings. The van der Waals surface area contributed by atoms with E-state index in [4.69, 9.17) is 0 Å². The molecule has 3 rings (SSSR count). The van der Waals surface area contributed by atoms with E-state index in [9.17, 15) is 0 Å². The average Bonchev–Trinajstić information content (AvgIpc) is 2.48. The van der Waals surface area contributed by atoms with Crippen LogP contribution in [0.1, 0.15) is 22.6 Å². The van der Waals surface area contributed by atoms with Crippen LogP contribution in [-0.4, -0.2) is 20.1 Å². The summed E-state index contributed by atoms with van der Waals surface area (Å²) in [6.07, 6.45) is 0. The van der Waals surface area contributed by atoms with Crippen LogP contribution >= 0.6 is 0 Å². The minimum atomic E-state index is 0.561. The summed E-state index contributed by atoms with van der Waals surface area (Å²) < 4.78 is 0. The molecule has 0 radical (unpaired) electrons. The average molecular weight is 266 g/mol. The Morgan fingerprint density at radius 3 is 2.65 bits per heavy atom. The fourth-order valence-corrected chi connectivity index (χ4v) is 2.98. The summed E-state index contributed by atoms with van der Waals surface area (Å²) in [5.41, 5.74) is 5.55. The molecule has 1 heterocycles. The third-order valence-electron chi connectivity index (χ3n) is 4.17. The molecule has 20 heavy (non-hydrogen) atoms. The van der Waals surface area contributed by atoms with E-state index in [0.29, 0.717) is 5.92 Å². The smallest absolute Gasteiger partial charge is 0.0363 e. The molecule has 0 saturated carbocycles. The van der Waals surface area contributed by atoms with Crippen LogP contribution < -0.4 is 10.2 Å². The molecule has 1 N–H and O–H groups in total. The van der Waals surface area contributed by atoms with E-state index in [1.54, 1.807) is 0 Å². The fraction of sp³-hybridized carbons (Fsp3) is 0.333. The molecule has 104 valence electrons. The number of nitrogens with zero attached hydrogens (tertiary/aromatic N) is 1. The van der Waals surface area contributed by atoms with Gasteiger partial charge in [0.1, 0.15) is 0 Å². The summed E-state index contributed by atoms with van der Waals surface area (Å²) in [6.45, 7) is 5.24. The topological polar surface area (TPSA) is 15.3 Å². The molecule has 2 heteroatoms. The van der Waals surface area contributed by atoms with Crippen LogP contribution in [0.2, 0.25) is 0 Å². The summed E-state index contributed by atoms with van der Waals surface area (Å²) in [7, 11) is 2.18. The summed E-state index contributed by atoms with van der Waals surface area (Å²) >= 11 is 0. The molecule has 2 nitrogen and oxygen atoms in total. The van der Waals surface area contributed by atoms with Crippen LogP contribution in [-0.2, 0) is 6.54 Å². The highest BCUT2D eigenvalue weighted by Crippen LogP contribution is 2.26. The number of likely N-dealkylation sites (N-methyl/N-ethyl adjacent to an activating group) is 1. The maximum Gasteiger partial charge on any atom is 0.0363 e. The molecule has 0 bridgehead atoms. The van der Waals surface area contributed by atoms with Gasteiger partial charge in [-0.3, -0.25) is 0 Å². The number of hydrogen-bond acceptors (Lipinski definition) is 2. The summed E-state index contributed by atoms with van der Waals surface area (Å²) in [6, 6.07) is 17.6. The van der Waals surface area contributed by atoms with Crippen LogP contribution in [0.5, 0.6) is 0 Å². The number of benzene rings is 2. The lowest BCUT2D eigenvalue weighted by atomic mass is 9.90. The number of aryl methyl sites for hydroxylation is 1. The lowest BCUT2D eigenvalue weighted by Gasteiger charge is -2.31. The van der Waals surface area contributed by atoms with Crippen LogP contribution in [0.15, 0.2) is 48.5 Å². The quantitative estimate of drug-likeness (QED) is 0.917. The van der Waals surface area contributed by atoms with Gasteiger partial charge in [0, 0.05) is 38.3 Å². The van der Waals surface area contributed by atoms with E-state index in [0.717, 1.165) is 19.6 Å². The first kappa shape index (κ1) is 13.2. The molecule has 0 aliphatic carbocycles. The molecule has 0 saturated heterocycles. The first-order valence-corrected chi connectivity index (χ1v) is 7.30. The van der Waals surface area contributed by atoms with Crippen molar-refractivity contribution in [1.29, 1.82) is 0 Å². The van der Waals surface area contributed by atoms with E-state index in [2.05, 4.69) is 72.7 Å². The normalized spacial score (nSPS) is 17.6. The lowest BCUT2D eigenvalue weighted by molar-refractivity contribution is 0.540. The van der Waals surface area contributed by atoms with Crippen LogP contribution in [0.4, 0.5) is 5.69 Å². The van der Waals surface area contributed by atoms with Gasteiger partial charge in [0.15, 0.2) is 0 Å². The highest BCUT2D eigenvalue weighted by Gasteiger charge is 2.20.